The van der Waals surface area contributed by atoms with Crippen LogP contribution in [0.15, 0.2) is 12.2 Å². The van der Waals surface area contributed by atoms with Gasteiger partial charge in [-0.1, -0.05) is 6.08 Å². The molecule has 0 N–H and O–H groups in total. The molecule has 0 aromatic rings. The molecule has 4 nitrogen and oxygen atoms in total. The van der Waals surface area contributed by atoms with E-state index in [1.54, 1.807) is 13.2 Å². The molecule has 80 valence electrons. The Balaban J connectivity index is 2.06. The Morgan fingerprint density at radius 2 is 2.36 bits per heavy atom. The van der Waals surface area contributed by atoms with Crippen molar-refractivity contribution in [3.8, 4) is 0 Å². The van der Waals surface area contributed by atoms with Gasteiger partial charge in [-0.25, -0.2) is 0 Å². The molecule has 0 saturated carbocycles. The molecule has 0 amide bonds. The number of rotatable bonds is 6. The van der Waals surface area contributed by atoms with Gasteiger partial charge in [-0.3, -0.25) is 4.79 Å². The maximum atomic E-state index is 11.2. The van der Waals surface area contributed by atoms with Crippen LogP contribution in [0, 0.1) is 0 Å². The minimum Gasteiger partial charge on any atom is -0.382 e. The maximum absolute atomic E-state index is 11.2. The van der Waals surface area contributed by atoms with E-state index in [0.29, 0.717) is 13.2 Å². The second-order valence-electron chi connectivity index (χ2n) is 3.06. The molecule has 1 atom stereocenters. The van der Waals surface area contributed by atoms with E-state index in [2.05, 4.69) is 0 Å². The minimum absolute atomic E-state index is 0.0339. The molecule has 1 aliphatic rings. The predicted octanol–water partition coefficient (Wildman–Crippen LogP) is 0.911. The fourth-order valence-electron chi connectivity index (χ4n) is 1.19. The van der Waals surface area contributed by atoms with Crippen LogP contribution in [0.3, 0.4) is 0 Å². The first-order chi connectivity index (χ1) is 6.84. The number of ether oxygens (including phenoxy) is 3. The molecule has 0 spiro atoms. The van der Waals surface area contributed by atoms with Gasteiger partial charge in [0.1, 0.15) is 12.9 Å². The molecular weight excluding hydrogens is 184 g/mol. The van der Waals surface area contributed by atoms with E-state index in [9.17, 15) is 4.79 Å². The lowest BCUT2D eigenvalue weighted by Gasteiger charge is -2.16. The zero-order valence-corrected chi connectivity index (χ0v) is 8.40. The Labute approximate surface area is 83.8 Å². The normalized spacial score (nSPS) is 21.5. The fraction of sp³-hybridized carbons (Fsp3) is 0.700. The molecule has 14 heavy (non-hydrogen) atoms. The number of hydrogen-bond donors (Lipinski definition) is 0. The summed E-state index contributed by atoms with van der Waals surface area (Å²) in [6.07, 6.45) is 4.77. The molecule has 1 unspecified atom stereocenters. The SMILES string of the molecule is COCCOCOC1CCC=CC1=O. The van der Waals surface area contributed by atoms with Crippen LogP contribution in [-0.4, -0.2) is 39.0 Å². The molecule has 0 heterocycles. The van der Waals surface area contributed by atoms with E-state index in [1.807, 2.05) is 6.08 Å². The van der Waals surface area contributed by atoms with Crippen molar-refractivity contribution in [1.82, 2.24) is 0 Å². The number of carbonyl (C=O) groups is 1. The van der Waals surface area contributed by atoms with E-state index in [-0.39, 0.29) is 18.7 Å². The number of hydrogen-bond acceptors (Lipinski definition) is 4. The van der Waals surface area contributed by atoms with Gasteiger partial charge in [0.25, 0.3) is 0 Å². The highest BCUT2D eigenvalue weighted by molar-refractivity contribution is 5.94. The number of methoxy groups -OCH3 is 1. The third-order valence-electron chi connectivity index (χ3n) is 1.98. The second kappa shape index (κ2) is 6.70. The van der Waals surface area contributed by atoms with Crippen molar-refractivity contribution in [2.45, 2.75) is 18.9 Å². The van der Waals surface area contributed by atoms with Crippen molar-refractivity contribution in [2.75, 3.05) is 27.1 Å². The van der Waals surface area contributed by atoms with Gasteiger partial charge in [0.15, 0.2) is 5.78 Å². The summed E-state index contributed by atoms with van der Waals surface area (Å²) in [5, 5.41) is 0. The van der Waals surface area contributed by atoms with E-state index in [4.69, 9.17) is 14.2 Å². The average Bonchev–Trinajstić information content (AvgIpc) is 2.20. The lowest BCUT2D eigenvalue weighted by molar-refractivity contribution is -0.140. The Bertz CT molecular complexity index is 200. The van der Waals surface area contributed by atoms with Crippen LogP contribution in [0.25, 0.3) is 0 Å². The molecule has 0 aliphatic heterocycles. The van der Waals surface area contributed by atoms with Crippen LogP contribution in [0.1, 0.15) is 12.8 Å². The molecule has 0 bridgehead atoms. The smallest absolute Gasteiger partial charge is 0.184 e. The molecule has 0 aromatic carbocycles. The zero-order chi connectivity index (χ0) is 10.2. The van der Waals surface area contributed by atoms with Crippen molar-refractivity contribution in [1.29, 1.82) is 0 Å². The van der Waals surface area contributed by atoms with Crippen LogP contribution in [0.5, 0.6) is 0 Å². The maximum Gasteiger partial charge on any atom is 0.184 e. The molecule has 0 radical (unpaired) electrons. The molecule has 1 aliphatic carbocycles. The van der Waals surface area contributed by atoms with Gasteiger partial charge in [-0.05, 0) is 18.9 Å². The number of carbonyl (C=O) groups excluding carboxylic acids is 1. The third-order valence-corrected chi connectivity index (χ3v) is 1.98. The van der Waals surface area contributed by atoms with Crippen LogP contribution in [-0.2, 0) is 19.0 Å². The first kappa shape index (κ1) is 11.4. The van der Waals surface area contributed by atoms with Crippen LogP contribution < -0.4 is 0 Å². The van der Waals surface area contributed by atoms with Gasteiger partial charge >= 0.3 is 0 Å². The van der Waals surface area contributed by atoms with Crippen molar-refractivity contribution >= 4 is 5.78 Å². The number of allylic oxidation sites excluding steroid dienone is 1. The lowest BCUT2D eigenvalue weighted by atomic mass is 10.0. The predicted molar refractivity (Wildman–Crippen MR) is 50.9 cm³/mol. The first-order valence-electron chi connectivity index (χ1n) is 4.73. The van der Waals surface area contributed by atoms with Gasteiger partial charge in [-0.2, -0.15) is 0 Å². The largest absolute Gasteiger partial charge is 0.382 e. The molecule has 0 fully saturated rings. The second-order valence-corrected chi connectivity index (χ2v) is 3.06. The van der Waals surface area contributed by atoms with Gasteiger partial charge in [-0.15, -0.1) is 0 Å². The highest BCUT2D eigenvalue weighted by Crippen LogP contribution is 2.10. The highest BCUT2D eigenvalue weighted by Gasteiger charge is 2.18. The molecule has 0 aromatic heterocycles. The highest BCUT2D eigenvalue weighted by atomic mass is 16.7. The Morgan fingerprint density at radius 1 is 1.50 bits per heavy atom. The van der Waals surface area contributed by atoms with Gasteiger partial charge in [0, 0.05) is 7.11 Å². The molecule has 4 heteroatoms. The Hall–Kier alpha value is -0.710. The Morgan fingerprint density at radius 3 is 3.07 bits per heavy atom. The summed E-state index contributed by atoms with van der Waals surface area (Å²) >= 11 is 0. The van der Waals surface area contributed by atoms with Crippen LogP contribution in [0.4, 0.5) is 0 Å². The summed E-state index contributed by atoms with van der Waals surface area (Å²) in [6, 6.07) is 0. The monoisotopic (exact) mass is 200 g/mol. The molecular formula is C10H16O4. The van der Waals surface area contributed by atoms with Gasteiger partial charge in [0.05, 0.1) is 13.2 Å². The summed E-state index contributed by atoms with van der Waals surface area (Å²) in [5.41, 5.74) is 0. The van der Waals surface area contributed by atoms with Crippen molar-refractivity contribution in [2.24, 2.45) is 0 Å². The van der Waals surface area contributed by atoms with Crippen molar-refractivity contribution in [3.05, 3.63) is 12.2 Å². The topological polar surface area (TPSA) is 44.8 Å². The van der Waals surface area contributed by atoms with E-state index in [0.717, 1.165) is 12.8 Å². The summed E-state index contributed by atoms with van der Waals surface area (Å²) in [7, 11) is 1.61. The standard InChI is InChI=1S/C10H16O4/c1-12-6-7-13-8-14-10-5-3-2-4-9(10)11/h2,4,10H,3,5-8H2,1H3. The summed E-state index contributed by atoms with van der Waals surface area (Å²) < 4.78 is 15.2. The summed E-state index contributed by atoms with van der Waals surface area (Å²) in [6.45, 7) is 1.20. The minimum atomic E-state index is -0.317. The van der Waals surface area contributed by atoms with Gasteiger partial charge < -0.3 is 14.2 Å². The summed E-state index contributed by atoms with van der Waals surface area (Å²) in [5.74, 6) is 0.0339. The quantitative estimate of drug-likeness (QED) is 0.472. The molecule has 0 saturated heterocycles. The lowest BCUT2D eigenvalue weighted by Crippen LogP contribution is -2.26. The van der Waals surface area contributed by atoms with Gasteiger partial charge in [0.2, 0.25) is 0 Å². The fourth-order valence-corrected chi connectivity index (χ4v) is 1.19. The first-order valence-corrected chi connectivity index (χ1v) is 4.73. The Kier molecular flexibility index (Phi) is 5.44. The summed E-state index contributed by atoms with van der Waals surface area (Å²) in [4.78, 5) is 11.2. The van der Waals surface area contributed by atoms with Crippen LogP contribution in [0.2, 0.25) is 0 Å². The third kappa shape index (κ3) is 4.00. The van der Waals surface area contributed by atoms with E-state index in [1.165, 1.54) is 0 Å². The van der Waals surface area contributed by atoms with Crippen molar-refractivity contribution in [3.63, 3.8) is 0 Å². The zero-order valence-electron chi connectivity index (χ0n) is 8.40. The van der Waals surface area contributed by atoms with E-state index < -0.39 is 0 Å². The molecule has 1 rings (SSSR count). The number of ketones is 1. The van der Waals surface area contributed by atoms with Crippen molar-refractivity contribution < 1.29 is 19.0 Å². The van der Waals surface area contributed by atoms with E-state index >= 15 is 0 Å². The average molecular weight is 200 g/mol. The van der Waals surface area contributed by atoms with Crippen LogP contribution >= 0.6 is 0 Å².